The summed E-state index contributed by atoms with van der Waals surface area (Å²) in [5, 5.41) is 10.8. The molecule has 4 heteroatoms. The second-order valence-electron chi connectivity index (χ2n) is 5.69. The van der Waals surface area contributed by atoms with Crippen molar-refractivity contribution in [3.05, 3.63) is 34.9 Å². The minimum Gasteiger partial charge on any atom is -0.389 e. The number of rotatable bonds is 8. The zero-order chi connectivity index (χ0) is 15.1. The summed E-state index contributed by atoms with van der Waals surface area (Å²) in [6.45, 7) is 9.93. The van der Waals surface area contributed by atoms with Crippen LogP contribution in [0.15, 0.2) is 24.3 Å². The number of hydrogen-bond acceptors (Lipinski definition) is 3. The van der Waals surface area contributed by atoms with E-state index >= 15 is 0 Å². The fourth-order valence-electron chi connectivity index (χ4n) is 1.95. The monoisotopic (exact) mass is 299 g/mol. The predicted octanol–water partition coefficient (Wildman–Crippen LogP) is 3.34. The molecule has 1 unspecified atom stereocenters. The molecular weight excluding hydrogens is 274 g/mol. The SMILES string of the molecule is CC(C)OCC(O)CN(Cc1cccc(Cl)c1)C(C)C. The first-order chi connectivity index (χ1) is 9.38. The number of halogens is 1. The van der Waals surface area contributed by atoms with Gasteiger partial charge in [-0.25, -0.2) is 0 Å². The van der Waals surface area contributed by atoms with E-state index in [0.717, 1.165) is 17.1 Å². The summed E-state index contributed by atoms with van der Waals surface area (Å²) in [6.07, 6.45) is -0.330. The van der Waals surface area contributed by atoms with E-state index in [2.05, 4.69) is 24.8 Å². The van der Waals surface area contributed by atoms with Crippen LogP contribution in [-0.4, -0.2) is 41.4 Å². The van der Waals surface area contributed by atoms with E-state index in [1.54, 1.807) is 0 Å². The van der Waals surface area contributed by atoms with E-state index in [0.29, 0.717) is 19.2 Å². The molecule has 1 rings (SSSR count). The third kappa shape index (κ3) is 6.71. The molecule has 0 spiro atoms. The molecule has 1 aromatic carbocycles. The highest BCUT2D eigenvalue weighted by Crippen LogP contribution is 2.14. The first-order valence-corrected chi connectivity index (χ1v) is 7.54. The van der Waals surface area contributed by atoms with Crippen LogP contribution >= 0.6 is 11.6 Å². The van der Waals surface area contributed by atoms with Crippen LogP contribution < -0.4 is 0 Å². The van der Waals surface area contributed by atoms with E-state index in [9.17, 15) is 5.11 Å². The number of hydrogen-bond donors (Lipinski definition) is 1. The topological polar surface area (TPSA) is 32.7 Å². The van der Waals surface area contributed by atoms with Gasteiger partial charge in [-0.05, 0) is 45.4 Å². The van der Waals surface area contributed by atoms with Gasteiger partial charge >= 0.3 is 0 Å². The molecular formula is C16H26ClNO2. The number of nitrogens with zero attached hydrogens (tertiary/aromatic N) is 1. The quantitative estimate of drug-likeness (QED) is 0.799. The fraction of sp³-hybridized carbons (Fsp3) is 0.625. The molecule has 0 aliphatic heterocycles. The van der Waals surface area contributed by atoms with Gasteiger partial charge in [0.05, 0.1) is 18.8 Å². The molecule has 0 saturated carbocycles. The summed E-state index contributed by atoms with van der Waals surface area (Å²) >= 11 is 6.01. The van der Waals surface area contributed by atoms with Crippen molar-refractivity contribution in [3.8, 4) is 0 Å². The molecule has 3 nitrogen and oxygen atoms in total. The molecule has 1 aromatic rings. The van der Waals surface area contributed by atoms with Gasteiger partial charge in [0.25, 0.3) is 0 Å². The maximum absolute atomic E-state index is 10.1. The van der Waals surface area contributed by atoms with Crippen molar-refractivity contribution in [2.75, 3.05) is 13.2 Å². The van der Waals surface area contributed by atoms with Crippen molar-refractivity contribution in [2.24, 2.45) is 0 Å². The molecule has 114 valence electrons. The highest BCUT2D eigenvalue weighted by molar-refractivity contribution is 6.30. The Bertz CT molecular complexity index is 396. The molecule has 0 fully saturated rings. The second-order valence-corrected chi connectivity index (χ2v) is 6.13. The number of aliphatic hydroxyl groups excluding tert-OH is 1. The highest BCUT2D eigenvalue weighted by atomic mass is 35.5. The molecule has 0 aromatic heterocycles. The lowest BCUT2D eigenvalue weighted by atomic mass is 10.1. The Morgan fingerprint density at radius 1 is 1.25 bits per heavy atom. The Balaban J connectivity index is 2.56. The summed E-state index contributed by atoms with van der Waals surface area (Å²) in [6, 6.07) is 8.19. The van der Waals surface area contributed by atoms with Crippen molar-refractivity contribution in [3.63, 3.8) is 0 Å². The molecule has 1 atom stereocenters. The van der Waals surface area contributed by atoms with Gasteiger partial charge in [0.2, 0.25) is 0 Å². The van der Waals surface area contributed by atoms with Gasteiger partial charge in [-0.1, -0.05) is 23.7 Å². The Kier molecular flexibility index (Phi) is 7.52. The molecule has 0 saturated heterocycles. The van der Waals surface area contributed by atoms with Gasteiger partial charge in [-0.2, -0.15) is 0 Å². The average molecular weight is 300 g/mol. The third-order valence-electron chi connectivity index (χ3n) is 3.07. The lowest BCUT2D eigenvalue weighted by Gasteiger charge is -2.29. The van der Waals surface area contributed by atoms with Crippen LogP contribution in [0.4, 0.5) is 0 Å². The highest BCUT2D eigenvalue weighted by Gasteiger charge is 2.16. The van der Waals surface area contributed by atoms with E-state index < -0.39 is 6.10 Å². The van der Waals surface area contributed by atoms with E-state index in [1.165, 1.54) is 0 Å². The van der Waals surface area contributed by atoms with Crippen LogP contribution in [-0.2, 0) is 11.3 Å². The number of benzene rings is 1. The Labute approximate surface area is 127 Å². The van der Waals surface area contributed by atoms with Crippen molar-refractivity contribution in [1.82, 2.24) is 4.90 Å². The zero-order valence-electron chi connectivity index (χ0n) is 12.8. The minimum absolute atomic E-state index is 0.144. The van der Waals surface area contributed by atoms with Crippen molar-refractivity contribution in [2.45, 2.75) is 52.5 Å². The molecule has 0 bridgehead atoms. The van der Waals surface area contributed by atoms with Gasteiger partial charge in [0.1, 0.15) is 0 Å². The van der Waals surface area contributed by atoms with E-state index in [1.807, 2.05) is 32.0 Å². The molecule has 0 heterocycles. The summed E-state index contributed by atoms with van der Waals surface area (Å²) in [5.41, 5.74) is 1.16. The summed E-state index contributed by atoms with van der Waals surface area (Å²) < 4.78 is 5.46. The van der Waals surface area contributed by atoms with Crippen LogP contribution in [0.25, 0.3) is 0 Å². The van der Waals surface area contributed by atoms with Gasteiger partial charge in [0, 0.05) is 24.2 Å². The van der Waals surface area contributed by atoms with E-state index in [4.69, 9.17) is 16.3 Å². The Hall–Kier alpha value is -0.610. The first-order valence-electron chi connectivity index (χ1n) is 7.16. The summed E-state index contributed by atoms with van der Waals surface area (Å²) in [4.78, 5) is 2.22. The largest absolute Gasteiger partial charge is 0.389 e. The second kappa shape index (κ2) is 8.63. The van der Waals surface area contributed by atoms with E-state index in [-0.39, 0.29) is 6.10 Å². The smallest absolute Gasteiger partial charge is 0.0900 e. The molecule has 0 amide bonds. The number of ether oxygens (including phenoxy) is 1. The number of aliphatic hydroxyl groups is 1. The Morgan fingerprint density at radius 2 is 1.95 bits per heavy atom. The minimum atomic E-state index is -0.473. The maximum atomic E-state index is 10.1. The van der Waals surface area contributed by atoms with Crippen molar-refractivity contribution in [1.29, 1.82) is 0 Å². The van der Waals surface area contributed by atoms with Crippen LogP contribution in [0.2, 0.25) is 5.02 Å². The molecule has 20 heavy (non-hydrogen) atoms. The van der Waals surface area contributed by atoms with Crippen molar-refractivity contribution < 1.29 is 9.84 Å². The van der Waals surface area contributed by atoms with Gasteiger partial charge < -0.3 is 9.84 Å². The van der Waals surface area contributed by atoms with Crippen molar-refractivity contribution >= 4 is 11.6 Å². The van der Waals surface area contributed by atoms with Gasteiger partial charge in [-0.3, -0.25) is 4.90 Å². The lowest BCUT2D eigenvalue weighted by molar-refractivity contribution is -0.0136. The summed E-state index contributed by atoms with van der Waals surface area (Å²) in [7, 11) is 0. The zero-order valence-corrected chi connectivity index (χ0v) is 13.6. The van der Waals surface area contributed by atoms with Crippen LogP contribution in [0.5, 0.6) is 0 Å². The molecule has 0 aliphatic rings. The third-order valence-corrected chi connectivity index (χ3v) is 3.31. The normalized spacial score (nSPS) is 13.4. The lowest BCUT2D eigenvalue weighted by Crippen LogP contribution is -2.39. The maximum Gasteiger partial charge on any atom is 0.0900 e. The van der Waals surface area contributed by atoms with Crippen LogP contribution in [0, 0.1) is 0 Å². The van der Waals surface area contributed by atoms with Gasteiger partial charge in [0.15, 0.2) is 0 Å². The average Bonchev–Trinajstić information content (AvgIpc) is 2.35. The van der Waals surface area contributed by atoms with Gasteiger partial charge in [-0.15, -0.1) is 0 Å². The fourth-order valence-corrected chi connectivity index (χ4v) is 2.17. The standard InChI is InChI=1S/C16H26ClNO2/c1-12(2)18(10-16(19)11-20-13(3)4)9-14-6-5-7-15(17)8-14/h5-8,12-13,16,19H,9-11H2,1-4H3. The predicted molar refractivity (Wildman–Crippen MR) is 84.1 cm³/mol. The first kappa shape index (κ1) is 17.4. The van der Waals surface area contributed by atoms with Crippen LogP contribution in [0.3, 0.4) is 0 Å². The summed E-state index contributed by atoms with van der Waals surface area (Å²) in [5.74, 6) is 0. The molecule has 0 radical (unpaired) electrons. The molecule has 0 aliphatic carbocycles. The Morgan fingerprint density at radius 3 is 2.50 bits per heavy atom. The molecule has 1 N–H and O–H groups in total. The van der Waals surface area contributed by atoms with Crippen LogP contribution in [0.1, 0.15) is 33.3 Å².